The molecule has 2 saturated carbocycles. The molecule has 4 amide bonds. The van der Waals surface area contributed by atoms with Crippen LogP contribution in [0.1, 0.15) is 101 Å². The van der Waals surface area contributed by atoms with Gasteiger partial charge < -0.3 is 34.5 Å². The summed E-state index contributed by atoms with van der Waals surface area (Å²) >= 11 is 0. The number of allylic oxidation sites excluding steroid dienone is 1. The van der Waals surface area contributed by atoms with E-state index in [4.69, 9.17) is 27.4 Å². The number of benzene rings is 1. The van der Waals surface area contributed by atoms with E-state index in [0.717, 1.165) is 4.90 Å². The van der Waals surface area contributed by atoms with E-state index < -0.39 is 106 Å². The maximum atomic E-state index is 15.2. The highest BCUT2D eigenvalue weighted by Crippen LogP contribution is 2.48. The number of methoxy groups -OCH3 is 1. The number of carbonyl (C=O) groups is 4. The smallest absolute Gasteiger partial charge is 0.427 e. The fraction of sp³-hybridized carbons (Fsp3) is 0.574. The minimum atomic E-state index is -6.18. The summed E-state index contributed by atoms with van der Waals surface area (Å²) in [5.74, 6) is -4.10. The van der Waals surface area contributed by atoms with Crippen LogP contribution < -0.4 is 29.6 Å². The number of ether oxygens (including phenoxy) is 4. The molecule has 7 atom stereocenters. The van der Waals surface area contributed by atoms with E-state index in [0.29, 0.717) is 59.3 Å². The summed E-state index contributed by atoms with van der Waals surface area (Å²) in [6.45, 7) is -0.964. The second-order valence-electron chi connectivity index (χ2n) is 18.6. The van der Waals surface area contributed by atoms with Gasteiger partial charge in [-0.2, -0.15) is 13.2 Å². The van der Waals surface area contributed by atoms with Crippen molar-refractivity contribution in [2.45, 2.75) is 140 Å². The lowest BCUT2D eigenvalue weighted by atomic mass is 9.88. The number of halogens is 3. The molecule has 16 nitrogen and oxygen atoms in total. The van der Waals surface area contributed by atoms with Crippen LogP contribution in [0.4, 0.5) is 18.0 Å². The Kier molecular flexibility index (Phi) is 11.4. The van der Waals surface area contributed by atoms with Gasteiger partial charge in [-0.05, 0) is 121 Å². The van der Waals surface area contributed by atoms with E-state index in [1.807, 2.05) is 19.2 Å². The van der Waals surface area contributed by atoms with Crippen molar-refractivity contribution in [1.29, 1.82) is 0 Å². The zero-order valence-corrected chi connectivity index (χ0v) is 38.7. The lowest BCUT2D eigenvalue weighted by molar-refractivity contribution is -0.244. The first-order valence-corrected chi connectivity index (χ1v) is 23.5. The zero-order valence-electron chi connectivity index (χ0n) is 43.9. The van der Waals surface area contributed by atoms with Crippen molar-refractivity contribution >= 4 is 44.6 Å². The Morgan fingerprint density at radius 1 is 1.07 bits per heavy atom. The molecule has 3 fully saturated rings. The van der Waals surface area contributed by atoms with Crippen LogP contribution in [-0.4, -0.2) is 107 Å². The van der Waals surface area contributed by atoms with Crippen molar-refractivity contribution in [1.82, 2.24) is 30.2 Å². The van der Waals surface area contributed by atoms with Gasteiger partial charge in [0.05, 0.1) is 30.2 Å². The number of fused-ring (bicyclic) bond motifs is 3. The number of alkyl halides is 3. The van der Waals surface area contributed by atoms with Gasteiger partial charge in [-0.15, -0.1) is 0 Å². The third-order valence-electron chi connectivity index (χ3n) is 12.8. The average molecular weight is 963 g/mol. The lowest BCUT2D eigenvalue weighted by Crippen LogP contribution is -2.59. The van der Waals surface area contributed by atoms with Crippen LogP contribution in [0.25, 0.3) is 22.0 Å². The van der Waals surface area contributed by atoms with Crippen LogP contribution in [0.3, 0.4) is 0 Å². The normalized spacial score (nSPS) is 28.8. The van der Waals surface area contributed by atoms with E-state index >= 15 is 4.79 Å². The number of aromatic nitrogens is 2. The van der Waals surface area contributed by atoms with Gasteiger partial charge >= 0.3 is 12.3 Å². The molecule has 20 heteroatoms. The number of hydrogen-bond acceptors (Lipinski definition) is 12. The number of sulfonamides is 1. The Bertz CT molecular complexity index is 2720. The minimum absolute atomic E-state index is 0.0178. The first-order chi connectivity index (χ1) is 33.8. The number of nitrogens with zero attached hydrogens (tertiary/aromatic N) is 3. The summed E-state index contributed by atoms with van der Waals surface area (Å²) in [5, 5.41) is 5.84. The van der Waals surface area contributed by atoms with Gasteiger partial charge in [-0.3, -0.25) is 19.1 Å². The number of alkyl carbamates (subject to hydrolysis) is 1. The first kappa shape index (κ1) is 41.5. The van der Waals surface area contributed by atoms with Crippen LogP contribution in [0, 0.1) is 17.8 Å². The van der Waals surface area contributed by atoms with Crippen LogP contribution in [0.15, 0.2) is 54.7 Å². The summed E-state index contributed by atoms with van der Waals surface area (Å²) in [7, 11) is -2.72. The van der Waals surface area contributed by atoms with Gasteiger partial charge in [0.1, 0.15) is 29.5 Å². The number of carbonyl (C=O) groups excluding carboxylic acids is 4. The second-order valence-corrected chi connectivity index (χ2v) is 20.8. The van der Waals surface area contributed by atoms with Gasteiger partial charge in [0, 0.05) is 43.8 Å². The number of pyridine rings is 2. The summed E-state index contributed by atoms with van der Waals surface area (Å²) in [6.07, 6.45) is -3.43. The lowest BCUT2D eigenvalue weighted by Gasteiger charge is -2.34. The Balaban J connectivity index is 1.29. The monoisotopic (exact) mass is 962 g/mol. The van der Waals surface area contributed by atoms with E-state index in [9.17, 15) is 36.0 Å². The number of nitrogens with one attached hydrogen (secondary N) is 3. The molecule has 2 aliphatic carbocycles. The van der Waals surface area contributed by atoms with Crippen LogP contribution in [-0.2, 0) is 29.1 Å². The number of amides is 4. The molecule has 7 rings (SSSR count). The maximum absolute atomic E-state index is 15.2. The SMILES string of the molecule is [2H]C([2H])([2H])C(OC(=O)N[C@@H]1C(=O)N2C[C@H](Oc3nc(-c4ccc(OC(C)C)nc4)cc4cc(OC)ccc34)C[C@H]2C(=O)N[C@]2(C(=O)NS(=O)(=O)C3(C)CC3)C[C@H]2/C=C\CC[C@H](C)C[C@H]1C)(C([2H])([2H])[2H])C(F)(F)F. The number of rotatable bonds is 11. The topological polar surface area (TPSA) is 204 Å². The fourth-order valence-electron chi connectivity index (χ4n) is 8.52. The first-order valence-electron chi connectivity index (χ1n) is 25.1. The van der Waals surface area contributed by atoms with Crippen molar-refractivity contribution in [3.63, 3.8) is 0 Å². The summed E-state index contributed by atoms with van der Waals surface area (Å²) in [6, 6.07) is 6.75. The molecule has 0 radical (unpaired) electrons. The molecule has 1 aromatic carbocycles. The third kappa shape index (κ3) is 10.6. The van der Waals surface area contributed by atoms with Crippen molar-refractivity contribution in [3.8, 4) is 28.8 Å². The fourth-order valence-corrected chi connectivity index (χ4v) is 9.83. The van der Waals surface area contributed by atoms with Gasteiger partial charge in [0.2, 0.25) is 39.2 Å². The molecule has 4 aliphatic rings. The van der Waals surface area contributed by atoms with Crippen molar-refractivity contribution in [3.05, 3.63) is 54.7 Å². The second kappa shape index (κ2) is 18.4. The molecule has 0 bridgehead atoms. The van der Waals surface area contributed by atoms with Crippen molar-refractivity contribution in [2.24, 2.45) is 17.8 Å². The summed E-state index contributed by atoms with van der Waals surface area (Å²) in [5.41, 5.74) is -5.91. The number of hydrogen-bond donors (Lipinski definition) is 3. The Labute approximate surface area is 396 Å². The zero-order chi connectivity index (χ0) is 53.9. The van der Waals surface area contributed by atoms with Crippen molar-refractivity contribution in [2.75, 3.05) is 13.7 Å². The van der Waals surface area contributed by atoms with E-state index in [-0.39, 0.29) is 37.2 Å². The highest BCUT2D eigenvalue weighted by molar-refractivity contribution is 7.91. The summed E-state index contributed by atoms with van der Waals surface area (Å²) < 4.78 is 140. The van der Waals surface area contributed by atoms with Gasteiger partial charge in [-0.1, -0.05) is 26.0 Å². The summed E-state index contributed by atoms with van der Waals surface area (Å²) in [4.78, 5) is 68.1. The third-order valence-corrected chi connectivity index (χ3v) is 15.0. The molecule has 364 valence electrons. The van der Waals surface area contributed by atoms with Crippen LogP contribution in [0.5, 0.6) is 17.5 Å². The molecule has 0 spiro atoms. The minimum Gasteiger partial charge on any atom is -0.497 e. The highest BCUT2D eigenvalue weighted by Gasteiger charge is 2.63. The van der Waals surface area contributed by atoms with Crippen LogP contribution in [0.2, 0.25) is 0 Å². The van der Waals surface area contributed by atoms with E-state index in [2.05, 4.69) is 19.8 Å². The molecule has 2 aromatic heterocycles. The molecule has 4 heterocycles. The standard InChI is InChI=1S/C47H59F3N6O10S/c1-26(2)64-37-16-13-29(24-51-37)35-21-30-20-32(63-8)14-15-34(30)40(52-35)65-33-22-36-39(57)54-46(42(59)55-67(61,62)45(7)17-18-45)23-31(46)12-10-9-11-27(3)19-28(4)38(41(58)56(36)25-33)53-43(60)66-44(5,6)47(48,49)50/h10,12-16,20-21,24,26-28,31,33,36,38H,9,11,17-19,22-23,25H2,1-8H3,(H,53,60)(H,54,57)(H,55,59)/b12-10-/t27-,28+,31+,33+,36-,38-,46+/m0/s1/i5D3,6D3. The van der Waals surface area contributed by atoms with Gasteiger partial charge in [-0.25, -0.2) is 23.2 Å². The van der Waals surface area contributed by atoms with E-state index in [1.165, 1.54) is 21.0 Å². The van der Waals surface area contributed by atoms with Crippen LogP contribution >= 0.6 is 0 Å². The molecule has 1 saturated heterocycles. The quantitative estimate of drug-likeness (QED) is 0.171. The molecule has 3 N–H and O–H groups in total. The Morgan fingerprint density at radius 3 is 2.46 bits per heavy atom. The molecule has 67 heavy (non-hydrogen) atoms. The molecular formula is C47H59F3N6O10S. The highest BCUT2D eigenvalue weighted by atomic mass is 32.2. The largest absolute Gasteiger partial charge is 0.497 e. The average Bonchev–Trinajstić information content (AvgIpc) is 4.17. The van der Waals surface area contributed by atoms with E-state index in [1.54, 1.807) is 61.7 Å². The predicted molar refractivity (Wildman–Crippen MR) is 240 cm³/mol. The molecular weight excluding hydrogens is 898 g/mol. The molecule has 2 aliphatic heterocycles. The Hall–Kier alpha value is -5.66. The maximum Gasteiger partial charge on any atom is 0.427 e. The molecule has 0 unspecified atom stereocenters. The predicted octanol–water partition coefficient (Wildman–Crippen LogP) is 6.76. The van der Waals surface area contributed by atoms with Gasteiger partial charge in [0.25, 0.3) is 5.91 Å². The molecule has 3 aromatic rings. The van der Waals surface area contributed by atoms with Crippen molar-refractivity contribution < 1.29 is 67.9 Å². The Morgan fingerprint density at radius 2 is 1.82 bits per heavy atom. The van der Waals surface area contributed by atoms with Gasteiger partial charge in [0.15, 0.2) is 0 Å².